The maximum Gasteiger partial charge on any atom is 0.137 e. The van der Waals surface area contributed by atoms with Gasteiger partial charge in [-0.3, -0.25) is 4.68 Å². The molecule has 3 N–H and O–H groups in total. The lowest BCUT2D eigenvalue weighted by atomic mass is 10.00. The quantitative estimate of drug-likeness (QED) is 0.604. The third kappa shape index (κ3) is 2.39. The second kappa shape index (κ2) is 5.94. The van der Waals surface area contributed by atoms with Gasteiger partial charge in [0.15, 0.2) is 0 Å². The molecular formula is C19H19N5. The number of hydrogen-bond donors (Lipinski definition) is 2. The van der Waals surface area contributed by atoms with Crippen molar-refractivity contribution in [2.24, 2.45) is 5.73 Å². The van der Waals surface area contributed by atoms with E-state index >= 15 is 0 Å². The van der Waals surface area contributed by atoms with Crippen LogP contribution in [-0.4, -0.2) is 19.7 Å². The SMILES string of the molecule is CCn1cc(-c2ccnc3[nH]ccc23)c(-c2ccc(CN)cc2)n1. The number of rotatable bonds is 4. The maximum atomic E-state index is 5.71. The van der Waals surface area contributed by atoms with Crippen LogP contribution in [0.25, 0.3) is 33.4 Å². The predicted octanol–water partition coefficient (Wildman–Crippen LogP) is 3.57. The number of H-pyrrole nitrogens is 1. The van der Waals surface area contributed by atoms with Gasteiger partial charge in [-0.25, -0.2) is 4.98 Å². The zero-order valence-electron chi connectivity index (χ0n) is 13.5. The van der Waals surface area contributed by atoms with Gasteiger partial charge >= 0.3 is 0 Å². The minimum absolute atomic E-state index is 0.546. The van der Waals surface area contributed by atoms with E-state index in [1.165, 1.54) is 0 Å². The molecule has 0 saturated carbocycles. The zero-order valence-corrected chi connectivity index (χ0v) is 13.5. The molecule has 0 atom stereocenters. The minimum atomic E-state index is 0.546. The van der Waals surface area contributed by atoms with Gasteiger partial charge in [0, 0.05) is 48.2 Å². The molecule has 0 aliphatic carbocycles. The topological polar surface area (TPSA) is 72.5 Å². The van der Waals surface area contributed by atoms with Gasteiger partial charge in [-0.15, -0.1) is 0 Å². The number of aromatic nitrogens is 4. The first-order valence-corrected chi connectivity index (χ1v) is 8.09. The Morgan fingerprint density at radius 1 is 1.08 bits per heavy atom. The Bertz CT molecular complexity index is 979. The molecule has 5 heteroatoms. The van der Waals surface area contributed by atoms with Crippen LogP contribution in [0.3, 0.4) is 0 Å². The lowest BCUT2D eigenvalue weighted by molar-refractivity contribution is 0.662. The van der Waals surface area contributed by atoms with E-state index in [9.17, 15) is 0 Å². The second-order valence-corrected chi connectivity index (χ2v) is 5.75. The molecule has 0 aliphatic rings. The molecule has 0 fully saturated rings. The molecule has 3 heterocycles. The summed E-state index contributed by atoms with van der Waals surface area (Å²) in [4.78, 5) is 7.56. The molecule has 4 rings (SSSR count). The van der Waals surface area contributed by atoms with Gasteiger partial charge in [0.1, 0.15) is 11.3 Å². The summed E-state index contributed by atoms with van der Waals surface area (Å²) < 4.78 is 1.97. The van der Waals surface area contributed by atoms with Crippen molar-refractivity contribution in [1.29, 1.82) is 0 Å². The average molecular weight is 317 g/mol. The van der Waals surface area contributed by atoms with Crippen LogP contribution < -0.4 is 5.73 Å². The van der Waals surface area contributed by atoms with E-state index < -0.39 is 0 Å². The van der Waals surface area contributed by atoms with E-state index in [-0.39, 0.29) is 0 Å². The number of benzene rings is 1. The number of nitrogens with one attached hydrogen (secondary N) is 1. The fraction of sp³-hybridized carbons (Fsp3) is 0.158. The largest absolute Gasteiger partial charge is 0.346 e. The van der Waals surface area contributed by atoms with Gasteiger partial charge in [0.2, 0.25) is 0 Å². The number of nitrogens with two attached hydrogens (primary N) is 1. The van der Waals surface area contributed by atoms with Gasteiger partial charge in [0.25, 0.3) is 0 Å². The van der Waals surface area contributed by atoms with Gasteiger partial charge in [0.05, 0.1) is 0 Å². The molecule has 4 aromatic rings. The van der Waals surface area contributed by atoms with Crippen molar-refractivity contribution in [2.45, 2.75) is 20.0 Å². The summed E-state index contributed by atoms with van der Waals surface area (Å²) in [6.07, 6.45) is 5.85. The molecule has 0 radical (unpaired) electrons. The van der Waals surface area contributed by atoms with Crippen molar-refractivity contribution in [3.63, 3.8) is 0 Å². The van der Waals surface area contributed by atoms with E-state index in [2.05, 4.69) is 53.4 Å². The molecule has 5 nitrogen and oxygen atoms in total. The Hall–Kier alpha value is -2.92. The van der Waals surface area contributed by atoms with Crippen LogP contribution in [0.5, 0.6) is 0 Å². The van der Waals surface area contributed by atoms with Crippen LogP contribution in [0.4, 0.5) is 0 Å². The number of aromatic amines is 1. The Labute approximate surface area is 140 Å². The van der Waals surface area contributed by atoms with Crippen molar-refractivity contribution in [3.8, 4) is 22.4 Å². The third-order valence-electron chi connectivity index (χ3n) is 4.30. The van der Waals surface area contributed by atoms with E-state index in [1.807, 2.05) is 23.1 Å². The standard InChI is InChI=1S/C19H19N5/c1-2-24-12-17(15-7-9-21-19-16(15)8-10-22-19)18(23-24)14-5-3-13(11-20)4-6-14/h3-10,12H,2,11,20H2,1H3,(H,21,22). The predicted molar refractivity (Wildman–Crippen MR) is 96.3 cm³/mol. The Kier molecular flexibility index (Phi) is 3.63. The lowest BCUT2D eigenvalue weighted by Crippen LogP contribution is -1.96. The molecule has 120 valence electrons. The summed E-state index contributed by atoms with van der Waals surface area (Å²) in [6, 6.07) is 12.4. The molecule has 0 aliphatic heterocycles. The molecule has 0 bridgehead atoms. The molecule has 0 saturated heterocycles. The first kappa shape index (κ1) is 14.7. The summed E-state index contributed by atoms with van der Waals surface area (Å²) in [5, 5.41) is 5.88. The summed E-state index contributed by atoms with van der Waals surface area (Å²) >= 11 is 0. The summed E-state index contributed by atoms with van der Waals surface area (Å²) in [5.41, 5.74) is 12.0. The first-order valence-electron chi connectivity index (χ1n) is 8.09. The molecule has 0 spiro atoms. The second-order valence-electron chi connectivity index (χ2n) is 5.75. The van der Waals surface area contributed by atoms with Crippen LogP contribution in [0.15, 0.2) is 55.0 Å². The van der Waals surface area contributed by atoms with Crippen LogP contribution in [-0.2, 0) is 13.1 Å². The average Bonchev–Trinajstić information content (AvgIpc) is 3.28. The minimum Gasteiger partial charge on any atom is -0.346 e. The van der Waals surface area contributed by atoms with Gasteiger partial charge < -0.3 is 10.7 Å². The highest BCUT2D eigenvalue weighted by Gasteiger charge is 2.15. The number of aryl methyl sites for hydroxylation is 1. The molecule has 0 amide bonds. The van der Waals surface area contributed by atoms with Crippen LogP contribution in [0.1, 0.15) is 12.5 Å². The van der Waals surface area contributed by atoms with Gasteiger partial charge in [-0.1, -0.05) is 24.3 Å². The van der Waals surface area contributed by atoms with Crippen molar-refractivity contribution in [3.05, 3.63) is 60.6 Å². The fourth-order valence-corrected chi connectivity index (χ4v) is 2.99. The first-order chi connectivity index (χ1) is 11.8. The van der Waals surface area contributed by atoms with Crippen molar-refractivity contribution in [1.82, 2.24) is 19.7 Å². The lowest BCUT2D eigenvalue weighted by Gasteiger charge is -2.05. The van der Waals surface area contributed by atoms with Crippen molar-refractivity contribution < 1.29 is 0 Å². The summed E-state index contributed by atoms with van der Waals surface area (Å²) in [6.45, 7) is 3.47. The number of nitrogens with zero attached hydrogens (tertiary/aromatic N) is 3. The van der Waals surface area contributed by atoms with E-state index in [0.717, 1.165) is 45.5 Å². The number of pyridine rings is 1. The Morgan fingerprint density at radius 3 is 2.67 bits per heavy atom. The highest BCUT2D eigenvalue weighted by molar-refractivity contribution is 5.96. The highest BCUT2D eigenvalue weighted by atomic mass is 15.3. The molecule has 24 heavy (non-hydrogen) atoms. The third-order valence-corrected chi connectivity index (χ3v) is 4.30. The van der Waals surface area contributed by atoms with Crippen molar-refractivity contribution in [2.75, 3.05) is 0 Å². The van der Waals surface area contributed by atoms with E-state index in [4.69, 9.17) is 10.8 Å². The van der Waals surface area contributed by atoms with Crippen LogP contribution >= 0.6 is 0 Å². The maximum absolute atomic E-state index is 5.71. The monoisotopic (exact) mass is 317 g/mol. The number of fused-ring (bicyclic) bond motifs is 1. The smallest absolute Gasteiger partial charge is 0.137 e. The molecule has 0 unspecified atom stereocenters. The van der Waals surface area contributed by atoms with Crippen LogP contribution in [0, 0.1) is 0 Å². The molecule has 1 aromatic carbocycles. The normalized spacial score (nSPS) is 11.2. The molecule has 3 aromatic heterocycles. The zero-order chi connectivity index (χ0) is 16.5. The highest BCUT2D eigenvalue weighted by Crippen LogP contribution is 2.34. The van der Waals surface area contributed by atoms with Crippen LogP contribution in [0.2, 0.25) is 0 Å². The van der Waals surface area contributed by atoms with E-state index in [1.54, 1.807) is 0 Å². The number of hydrogen-bond acceptors (Lipinski definition) is 3. The Morgan fingerprint density at radius 2 is 1.92 bits per heavy atom. The Balaban J connectivity index is 1.92. The summed E-state index contributed by atoms with van der Waals surface area (Å²) in [7, 11) is 0. The van der Waals surface area contributed by atoms with Gasteiger partial charge in [-0.05, 0) is 30.2 Å². The summed E-state index contributed by atoms with van der Waals surface area (Å²) in [5.74, 6) is 0. The van der Waals surface area contributed by atoms with Crippen molar-refractivity contribution >= 4 is 11.0 Å². The van der Waals surface area contributed by atoms with Gasteiger partial charge in [-0.2, -0.15) is 5.10 Å². The molecular weight excluding hydrogens is 298 g/mol. The van der Waals surface area contributed by atoms with E-state index in [0.29, 0.717) is 6.54 Å². The fourth-order valence-electron chi connectivity index (χ4n) is 2.99.